The summed E-state index contributed by atoms with van der Waals surface area (Å²) in [6.07, 6.45) is 2.60. The van der Waals surface area contributed by atoms with Crippen LogP contribution >= 0.6 is 34.5 Å². The van der Waals surface area contributed by atoms with Crippen LogP contribution in [0.5, 0.6) is 0 Å². The second kappa shape index (κ2) is 9.47. The third kappa shape index (κ3) is 5.29. The molecule has 3 aromatic rings. The number of aryl methyl sites for hydroxylation is 1. The summed E-state index contributed by atoms with van der Waals surface area (Å²) < 4.78 is 10.2. The summed E-state index contributed by atoms with van der Waals surface area (Å²) in [6, 6.07) is 5.51. The smallest absolute Gasteiger partial charge is 0.227 e. The Morgan fingerprint density at radius 3 is 3.00 bits per heavy atom. The minimum absolute atomic E-state index is 0.179. The van der Waals surface area contributed by atoms with Crippen LogP contribution in [0.1, 0.15) is 41.6 Å². The molecule has 1 aromatic carbocycles. The molecule has 0 radical (unpaired) electrons. The number of rotatable bonds is 8. The van der Waals surface area contributed by atoms with Crippen LogP contribution in [0, 0.1) is 0 Å². The molecule has 0 fully saturated rings. The summed E-state index contributed by atoms with van der Waals surface area (Å²) in [6.45, 7) is 1.82. The van der Waals surface area contributed by atoms with Crippen LogP contribution < -0.4 is 5.32 Å². The van der Waals surface area contributed by atoms with Gasteiger partial charge in [0.15, 0.2) is 11.0 Å². The van der Waals surface area contributed by atoms with Gasteiger partial charge in [-0.3, -0.25) is 4.79 Å². The van der Waals surface area contributed by atoms with E-state index in [1.807, 2.05) is 19.1 Å². The first kappa shape index (κ1) is 20.7. The second-order valence-corrected chi connectivity index (χ2v) is 7.89. The number of amides is 1. The molecule has 0 bridgehead atoms. The van der Waals surface area contributed by atoms with Crippen molar-refractivity contribution in [2.75, 3.05) is 12.4 Å². The van der Waals surface area contributed by atoms with Crippen LogP contribution in [-0.4, -0.2) is 28.1 Å². The highest BCUT2D eigenvalue weighted by Gasteiger charge is 2.15. The third-order valence-corrected chi connectivity index (χ3v) is 5.73. The molecular weight excluding hydrogens is 423 g/mol. The van der Waals surface area contributed by atoms with Crippen LogP contribution in [0.2, 0.25) is 10.0 Å². The van der Waals surface area contributed by atoms with Gasteiger partial charge in [-0.25, -0.2) is 4.98 Å². The Balaban J connectivity index is 1.52. The van der Waals surface area contributed by atoms with Crippen molar-refractivity contribution in [2.24, 2.45) is 0 Å². The van der Waals surface area contributed by atoms with E-state index in [1.54, 1.807) is 19.4 Å². The summed E-state index contributed by atoms with van der Waals surface area (Å²) >= 11 is 13.7. The first-order chi connectivity index (χ1) is 13.5. The fourth-order valence-corrected chi connectivity index (χ4v) is 3.60. The normalized spacial score (nSPS) is 12.1. The number of ether oxygens (including phenoxy) is 1. The number of anilines is 1. The molecule has 10 heteroatoms. The SMILES string of the molecule is COC(C)c1noc(CCC(=O)Nc2ncc(Cc3cccc(Cl)c3Cl)s2)n1. The number of carbonyl (C=O) groups excluding carboxylic acids is 1. The van der Waals surface area contributed by atoms with Crippen molar-refractivity contribution in [2.45, 2.75) is 32.3 Å². The minimum atomic E-state index is -0.256. The zero-order chi connectivity index (χ0) is 20.1. The lowest BCUT2D eigenvalue weighted by Gasteiger charge is -2.03. The van der Waals surface area contributed by atoms with E-state index >= 15 is 0 Å². The molecule has 0 aliphatic heterocycles. The first-order valence-corrected chi connectivity index (χ1v) is 10.1. The summed E-state index contributed by atoms with van der Waals surface area (Å²) in [4.78, 5) is 21.6. The maximum Gasteiger partial charge on any atom is 0.227 e. The third-order valence-electron chi connectivity index (χ3n) is 3.96. The molecule has 1 atom stereocenters. The van der Waals surface area contributed by atoms with Gasteiger partial charge >= 0.3 is 0 Å². The van der Waals surface area contributed by atoms with Crippen LogP contribution in [0.3, 0.4) is 0 Å². The topological polar surface area (TPSA) is 90.1 Å². The number of nitrogens with one attached hydrogen (secondary N) is 1. The number of methoxy groups -OCH3 is 1. The first-order valence-electron chi connectivity index (χ1n) is 8.49. The van der Waals surface area contributed by atoms with Crippen molar-refractivity contribution >= 4 is 45.6 Å². The van der Waals surface area contributed by atoms with E-state index in [-0.39, 0.29) is 18.4 Å². The van der Waals surface area contributed by atoms with Crippen LogP contribution in [0.25, 0.3) is 0 Å². The van der Waals surface area contributed by atoms with Gasteiger partial charge in [0.1, 0.15) is 6.10 Å². The van der Waals surface area contributed by atoms with E-state index in [2.05, 4.69) is 20.4 Å². The van der Waals surface area contributed by atoms with Crippen molar-refractivity contribution in [1.29, 1.82) is 0 Å². The van der Waals surface area contributed by atoms with Crippen molar-refractivity contribution in [1.82, 2.24) is 15.1 Å². The van der Waals surface area contributed by atoms with Gasteiger partial charge in [0.25, 0.3) is 0 Å². The fraction of sp³-hybridized carbons (Fsp3) is 0.333. The Bertz CT molecular complexity index is 960. The predicted molar refractivity (Wildman–Crippen MR) is 108 cm³/mol. The van der Waals surface area contributed by atoms with Gasteiger partial charge in [0, 0.05) is 37.4 Å². The van der Waals surface area contributed by atoms with E-state index < -0.39 is 0 Å². The molecule has 3 rings (SSSR count). The number of nitrogens with zero attached hydrogens (tertiary/aromatic N) is 3. The standard InChI is InChI=1S/C18H18Cl2N4O3S/c1-10(26-2)17-23-15(27-24-17)7-6-14(25)22-18-21-9-12(28-18)8-11-4-3-5-13(19)16(11)20/h3-5,9-10H,6-8H2,1-2H3,(H,21,22,25). The van der Waals surface area contributed by atoms with Gasteiger partial charge in [-0.1, -0.05) is 40.5 Å². The lowest BCUT2D eigenvalue weighted by molar-refractivity contribution is -0.116. The largest absolute Gasteiger partial charge is 0.374 e. The molecule has 1 amide bonds. The highest BCUT2D eigenvalue weighted by Crippen LogP contribution is 2.29. The van der Waals surface area contributed by atoms with E-state index in [1.165, 1.54) is 11.3 Å². The summed E-state index contributed by atoms with van der Waals surface area (Å²) in [5, 5.41) is 8.18. The van der Waals surface area contributed by atoms with Crippen LogP contribution in [0.4, 0.5) is 5.13 Å². The minimum Gasteiger partial charge on any atom is -0.374 e. The number of hydrogen-bond acceptors (Lipinski definition) is 7. The van der Waals surface area contributed by atoms with E-state index in [9.17, 15) is 4.79 Å². The Morgan fingerprint density at radius 2 is 2.21 bits per heavy atom. The lowest BCUT2D eigenvalue weighted by Crippen LogP contribution is -2.12. The molecule has 7 nitrogen and oxygen atoms in total. The summed E-state index contributed by atoms with van der Waals surface area (Å²) in [7, 11) is 1.57. The van der Waals surface area contributed by atoms with Crippen molar-refractivity contribution < 1.29 is 14.1 Å². The average molecular weight is 441 g/mol. The molecular formula is C18H18Cl2N4O3S. The van der Waals surface area contributed by atoms with Crippen LogP contribution in [0.15, 0.2) is 28.9 Å². The Labute approximate surface area is 176 Å². The van der Waals surface area contributed by atoms with E-state index in [0.29, 0.717) is 39.7 Å². The average Bonchev–Trinajstić information content (AvgIpc) is 3.33. The van der Waals surface area contributed by atoms with E-state index in [4.69, 9.17) is 32.5 Å². The summed E-state index contributed by atoms with van der Waals surface area (Å²) in [5.41, 5.74) is 0.910. The number of carbonyl (C=O) groups is 1. The zero-order valence-corrected chi connectivity index (χ0v) is 17.6. The highest BCUT2D eigenvalue weighted by molar-refractivity contribution is 7.15. The van der Waals surface area contributed by atoms with Gasteiger partial charge in [-0.05, 0) is 18.6 Å². The molecule has 0 spiro atoms. The van der Waals surface area contributed by atoms with Crippen molar-refractivity contribution in [3.05, 3.63) is 56.6 Å². The molecule has 2 heterocycles. The fourth-order valence-electron chi connectivity index (χ4n) is 2.36. The van der Waals surface area contributed by atoms with Gasteiger partial charge < -0.3 is 14.6 Å². The maximum atomic E-state index is 12.2. The molecule has 28 heavy (non-hydrogen) atoms. The van der Waals surface area contributed by atoms with Gasteiger partial charge in [-0.2, -0.15) is 4.98 Å². The number of benzene rings is 1. The predicted octanol–water partition coefficient (Wildman–Crippen LogP) is 4.70. The van der Waals surface area contributed by atoms with Crippen LogP contribution in [-0.2, 0) is 22.4 Å². The molecule has 0 aliphatic carbocycles. The number of thiazole rings is 1. The van der Waals surface area contributed by atoms with Gasteiger partial charge in [-0.15, -0.1) is 11.3 Å². The van der Waals surface area contributed by atoms with Crippen molar-refractivity contribution in [3.63, 3.8) is 0 Å². The van der Waals surface area contributed by atoms with Crippen molar-refractivity contribution in [3.8, 4) is 0 Å². The number of hydrogen-bond donors (Lipinski definition) is 1. The van der Waals surface area contributed by atoms with E-state index in [0.717, 1.165) is 10.4 Å². The molecule has 1 N–H and O–H groups in total. The zero-order valence-electron chi connectivity index (χ0n) is 15.2. The Kier molecular flexibility index (Phi) is 7.01. The molecule has 148 valence electrons. The molecule has 0 saturated heterocycles. The molecule has 2 aromatic heterocycles. The van der Waals surface area contributed by atoms with Gasteiger partial charge in [0.2, 0.25) is 11.8 Å². The monoisotopic (exact) mass is 440 g/mol. The Hall–Kier alpha value is -2.00. The molecule has 0 saturated carbocycles. The highest BCUT2D eigenvalue weighted by atomic mass is 35.5. The number of halogens is 2. The number of aromatic nitrogens is 3. The lowest BCUT2D eigenvalue weighted by atomic mass is 10.1. The Morgan fingerprint density at radius 1 is 1.39 bits per heavy atom. The second-order valence-electron chi connectivity index (χ2n) is 5.99. The summed E-state index contributed by atoms with van der Waals surface area (Å²) in [5.74, 6) is 0.674. The maximum absolute atomic E-state index is 12.2. The van der Waals surface area contributed by atoms with Gasteiger partial charge in [0.05, 0.1) is 10.0 Å². The molecule has 0 aliphatic rings. The quantitative estimate of drug-likeness (QED) is 0.545. The molecule has 1 unspecified atom stereocenters.